The first-order valence-electron chi connectivity index (χ1n) is 10.7. The van der Waals surface area contributed by atoms with Crippen LogP contribution in [0.3, 0.4) is 0 Å². The van der Waals surface area contributed by atoms with Crippen LogP contribution in [0.1, 0.15) is 11.1 Å². The maximum atomic E-state index is 13.9. The van der Waals surface area contributed by atoms with E-state index in [9.17, 15) is 17.2 Å². The molecule has 0 aliphatic carbocycles. The zero-order valence-corrected chi connectivity index (χ0v) is 20.5. The lowest BCUT2D eigenvalue weighted by Gasteiger charge is -2.33. The molecule has 0 spiro atoms. The topological polar surface area (TPSA) is 101 Å². The van der Waals surface area contributed by atoms with Crippen molar-refractivity contribution in [2.45, 2.75) is 17.5 Å². The monoisotopic (exact) mass is 522 g/mol. The zero-order chi connectivity index (χ0) is 24.8. The number of thioether (sulfide) groups is 1. The van der Waals surface area contributed by atoms with E-state index in [1.54, 1.807) is 12.4 Å². The van der Waals surface area contributed by atoms with Crippen molar-refractivity contribution in [3.8, 4) is 5.88 Å². The Morgan fingerprint density at radius 2 is 1.83 bits per heavy atom. The lowest BCUT2D eigenvalue weighted by atomic mass is 10.2. The second kappa shape index (κ2) is 11.2. The molecular weight excluding hydrogens is 498 g/mol. The first kappa shape index (κ1) is 25.2. The summed E-state index contributed by atoms with van der Waals surface area (Å²) in [5, 5.41) is 0.160. The second-order valence-electron chi connectivity index (χ2n) is 7.72. The maximum Gasteiger partial charge on any atom is 0.302 e. The van der Waals surface area contributed by atoms with Crippen molar-refractivity contribution >= 4 is 27.8 Å². The third-order valence-corrected chi connectivity index (χ3v) is 7.75. The minimum Gasteiger partial charge on any atom is -0.481 e. The van der Waals surface area contributed by atoms with E-state index in [2.05, 4.69) is 24.6 Å². The second-order valence-corrected chi connectivity index (χ2v) is 10.3. The Bertz CT molecular complexity index is 1260. The predicted octanol–water partition coefficient (Wildman–Crippen LogP) is 2.93. The molecular formula is C22H24F2N6O3S2. The van der Waals surface area contributed by atoms with Crippen LogP contribution in [-0.4, -0.2) is 65.9 Å². The average Bonchev–Trinajstić information content (AvgIpc) is 2.85. The van der Waals surface area contributed by atoms with Gasteiger partial charge < -0.3 is 4.74 Å². The Hall–Kier alpha value is -2.87. The van der Waals surface area contributed by atoms with Gasteiger partial charge in [-0.2, -0.15) is 17.7 Å². The van der Waals surface area contributed by atoms with Crippen LogP contribution in [0.2, 0.25) is 0 Å². The normalized spacial score (nSPS) is 15.2. The molecule has 4 rings (SSSR count). The predicted molar refractivity (Wildman–Crippen MR) is 128 cm³/mol. The summed E-state index contributed by atoms with van der Waals surface area (Å²) in [5.41, 5.74) is 1.26. The molecule has 0 radical (unpaired) electrons. The number of piperazine rings is 1. The van der Waals surface area contributed by atoms with Crippen molar-refractivity contribution in [1.82, 2.24) is 24.2 Å². The molecule has 0 atom stereocenters. The third-order valence-electron chi connectivity index (χ3n) is 5.34. The fraction of sp³-hybridized carbons (Fsp3) is 0.318. The first-order chi connectivity index (χ1) is 16.8. The third kappa shape index (κ3) is 6.63. The molecule has 186 valence electrons. The minimum atomic E-state index is -3.87. The van der Waals surface area contributed by atoms with E-state index < -0.39 is 21.8 Å². The van der Waals surface area contributed by atoms with Crippen LogP contribution in [-0.2, 0) is 22.5 Å². The molecule has 3 aromatic rings. The Balaban J connectivity index is 1.40. The number of aromatic nitrogens is 3. The van der Waals surface area contributed by atoms with Crippen molar-refractivity contribution in [3.05, 3.63) is 71.6 Å². The number of halogens is 2. The van der Waals surface area contributed by atoms with Crippen molar-refractivity contribution in [1.29, 1.82) is 0 Å². The van der Waals surface area contributed by atoms with E-state index in [1.165, 1.54) is 29.6 Å². The van der Waals surface area contributed by atoms with Gasteiger partial charge in [0.05, 0.1) is 7.11 Å². The van der Waals surface area contributed by atoms with Crippen LogP contribution in [0.4, 0.5) is 14.6 Å². The van der Waals surface area contributed by atoms with Gasteiger partial charge in [-0.3, -0.25) is 14.6 Å². The SMILES string of the molecule is COc1cc(NS(=O)(=O)N2CCN(Cc3ccncc3)CC2)nc(SCc2cccc(F)c2F)n1. The van der Waals surface area contributed by atoms with Crippen molar-refractivity contribution in [3.63, 3.8) is 0 Å². The van der Waals surface area contributed by atoms with Gasteiger partial charge in [-0.05, 0) is 23.8 Å². The van der Waals surface area contributed by atoms with E-state index in [1.807, 2.05) is 12.1 Å². The highest BCUT2D eigenvalue weighted by Crippen LogP contribution is 2.26. The van der Waals surface area contributed by atoms with Gasteiger partial charge in [-0.25, -0.2) is 13.8 Å². The highest BCUT2D eigenvalue weighted by Gasteiger charge is 2.27. The number of hydrogen-bond acceptors (Lipinski definition) is 8. The van der Waals surface area contributed by atoms with Gasteiger partial charge in [-0.15, -0.1) is 0 Å². The van der Waals surface area contributed by atoms with E-state index >= 15 is 0 Å². The summed E-state index contributed by atoms with van der Waals surface area (Å²) >= 11 is 1.03. The van der Waals surface area contributed by atoms with Crippen LogP contribution in [0.15, 0.2) is 53.9 Å². The largest absolute Gasteiger partial charge is 0.481 e. The highest BCUT2D eigenvalue weighted by molar-refractivity contribution is 7.98. The molecule has 9 nitrogen and oxygen atoms in total. The van der Waals surface area contributed by atoms with E-state index in [0.29, 0.717) is 26.2 Å². The number of methoxy groups -OCH3 is 1. The first-order valence-corrected chi connectivity index (χ1v) is 13.1. The molecule has 0 bridgehead atoms. The molecule has 1 N–H and O–H groups in total. The van der Waals surface area contributed by atoms with Gasteiger partial charge in [0.1, 0.15) is 5.82 Å². The molecule has 1 aromatic carbocycles. The minimum absolute atomic E-state index is 0.0262. The number of nitrogens with one attached hydrogen (secondary N) is 1. The van der Waals surface area contributed by atoms with Gasteiger partial charge in [0.15, 0.2) is 16.8 Å². The van der Waals surface area contributed by atoms with E-state index in [-0.39, 0.29) is 28.2 Å². The van der Waals surface area contributed by atoms with Crippen LogP contribution in [0.5, 0.6) is 5.88 Å². The summed E-state index contributed by atoms with van der Waals surface area (Å²) in [6.07, 6.45) is 3.47. The Kier molecular flexibility index (Phi) is 8.11. The Morgan fingerprint density at radius 3 is 2.54 bits per heavy atom. The van der Waals surface area contributed by atoms with Gasteiger partial charge in [0.25, 0.3) is 0 Å². The summed E-state index contributed by atoms with van der Waals surface area (Å²) in [7, 11) is -2.48. The van der Waals surface area contributed by atoms with Crippen LogP contribution in [0, 0.1) is 11.6 Å². The molecule has 2 aromatic heterocycles. The van der Waals surface area contributed by atoms with Crippen LogP contribution in [0.25, 0.3) is 0 Å². The zero-order valence-electron chi connectivity index (χ0n) is 18.9. The molecule has 13 heteroatoms. The number of hydrogen-bond donors (Lipinski definition) is 1. The van der Waals surface area contributed by atoms with E-state index in [4.69, 9.17) is 4.74 Å². The number of pyridine rings is 1. The van der Waals surface area contributed by atoms with Crippen molar-refractivity contribution < 1.29 is 21.9 Å². The average molecular weight is 523 g/mol. The summed E-state index contributed by atoms with van der Waals surface area (Å²) in [4.78, 5) is 14.6. The van der Waals surface area contributed by atoms with Crippen LogP contribution >= 0.6 is 11.8 Å². The quantitative estimate of drug-likeness (QED) is 0.338. The molecule has 0 amide bonds. The Labute approximate surface area is 206 Å². The van der Waals surface area contributed by atoms with Gasteiger partial charge in [-0.1, -0.05) is 23.9 Å². The smallest absolute Gasteiger partial charge is 0.302 e. The number of rotatable bonds is 9. The highest BCUT2D eigenvalue weighted by atomic mass is 32.2. The fourth-order valence-corrected chi connectivity index (χ4v) is 5.47. The molecule has 0 saturated carbocycles. The van der Waals surface area contributed by atoms with Crippen LogP contribution < -0.4 is 9.46 Å². The molecule has 3 heterocycles. The Morgan fingerprint density at radius 1 is 1.09 bits per heavy atom. The molecule has 1 aliphatic heterocycles. The number of nitrogens with zero attached hydrogens (tertiary/aromatic N) is 5. The molecule has 35 heavy (non-hydrogen) atoms. The van der Waals surface area contributed by atoms with Gasteiger partial charge in [0, 0.05) is 62.5 Å². The maximum absolute atomic E-state index is 13.9. The lowest BCUT2D eigenvalue weighted by Crippen LogP contribution is -2.49. The van der Waals surface area contributed by atoms with Gasteiger partial charge >= 0.3 is 10.2 Å². The number of ether oxygens (including phenoxy) is 1. The molecule has 1 aliphatic rings. The molecule has 0 unspecified atom stereocenters. The van der Waals surface area contributed by atoms with E-state index in [0.717, 1.165) is 29.9 Å². The summed E-state index contributed by atoms with van der Waals surface area (Å²) in [6, 6.07) is 9.15. The summed E-state index contributed by atoms with van der Waals surface area (Å²) in [6.45, 7) is 2.53. The lowest BCUT2D eigenvalue weighted by molar-refractivity contribution is 0.182. The number of benzene rings is 1. The summed E-state index contributed by atoms with van der Waals surface area (Å²) in [5.74, 6) is -1.65. The molecule has 1 saturated heterocycles. The molecule has 1 fully saturated rings. The van der Waals surface area contributed by atoms with Crippen molar-refractivity contribution in [2.75, 3.05) is 38.0 Å². The van der Waals surface area contributed by atoms with Crippen molar-refractivity contribution in [2.24, 2.45) is 0 Å². The van der Waals surface area contributed by atoms with Gasteiger partial charge in [0.2, 0.25) is 5.88 Å². The fourth-order valence-electron chi connectivity index (χ4n) is 3.50. The number of anilines is 1. The summed E-state index contributed by atoms with van der Waals surface area (Å²) < 4.78 is 62.4. The standard InChI is InChI=1S/C22H24F2N6O3S2/c1-33-20-13-19(26-22(27-20)34-15-17-3-2-4-18(23)21(17)24)28-35(31,32)30-11-9-29(10-12-30)14-16-5-7-25-8-6-16/h2-8,13H,9-12,14-15H2,1H3,(H,26,27,28).